The van der Waals surface area contributed by atoms with Crippen LogP contribution in [-0.4, -0.2) is 49.6 Å². The van der Waals surface area contributed by atoms with Gasteiger partial charge in [-0.1, -0.05) is 12.8 Å². The summed E-state index contributed by atoms with van der Waals surface area (Å²) >= 11 is 0. The number of carbonyl (C=O) groups excluding carboxylic acids is 1. The van der Waals surface area contributed by atoms with Crippen molar-refractivity contribution >= 4 is 5.91 Å². The van der Waals surface area contributed by atoms with Crippen LogP contribution >= 0.6 is 0 Å². The Hall–Kier alpha value is -0.610. The lowest BCUT2D eigenvalue weighted by molar-refractivity contribution is -0.125. The normalized spacial score (nSPS) is 28.8. The molecule has 0 aromatic heterocycles. The fourth-order valence-electron chi connectivity index (χ4n) is 3.25. The van der Waals surface area contributed by atoms with Crippen LogP contribution in [-0.2, 0) is 4.79 Å². The van der Waals surface area contributed by atoms with Gasteiger partial charge in [-0.15, -0.1) is 0 Å². The minimum Gasteiger partial charge on any atom is -0.355 e. The zero-order valence-electron chi connectivity index (χ0n) is 12.5. The van der Waals surface area contributed by atoms with E-state index in [1.807, 2.05) is 0 Å². The van der Waals surface area contributed by atoms with Crippen LogP contribution < -0.4 is 10.6 Å². The predicted octanol–water partition coefficient (Wildman–Crippen LogP) is 1.37. The molecule has 1 aliphatic heterocycles. The van der Waals surface area contributed by atoms with E-state index in [0.29, 0.717) is 6.04 Å². The number of nitrogens with one attached hydrogen (secondary N) is 2. The second-order valence-electron chi connectivity index (χ2n) is 6.29. The Kier molecular flexibility index (Phi) is 5.64. The number of rotatable bonds is 5. The lowest BCUT2D eigenvalue weighted by Crippen LogP contribution is -2.45. The lowest BCUT2D eigenvalue weighted by atomic mass is 9.95. The summed E-state index contributed by atoms with van der Waals surface area (Å²) in [6, 6.07) is 1.31. The SMILES string of the molecule is CC1CCC(C(=O)NCCN(C)C2CCCC2)CN1. The number of amides is 1. The van der Waals surface area contributed by atoms with Gasteiger partial charge in [0.25, 0.3) is 0 Å². The van der Waals surface area contributed by atoms with Crippen molar-refractivity contribution in [3.63, 3.8) is 0 Å². The van der Waals surface area contributed by atoms with E-state index in [1.54, 1.807) is 0 Å². The molecule has 0 aromatic rings. The van der Waals surface area contributed by atoms with E-state index in [1.165, 1.54) is 25.7 Å². The van der Waals surface area contributed by atoms with Crippen LogP contribution in [0.5, 0.6) is 0 Å². The Morgan fingerprint density at radius 3 is 2.63 bits per heavy atom. The van der Waals surface area contributed by atoms with E-state index in [-0.39, 0.29) is 11.8 Å². The first kappa shape index (κ1) is 14.8. The first-order valence-corrected chi connectivity index (χ1v) is 7.88. The number of nitrogens with zero attached hydrogens (tertiary/aromatic N) is 1. The third-order valence-electron chi connectivity index (χ3n) is 4.74. The topological polar surface area (TPSA) is 44.4 Å². The van der Waals surface area contributed by atoms with Gasteiger partial charge in [0.05, 0.1) is 5.92 Å². The van der Waals surface area contributed by atoms with Gasteiger partial charge in [-0.2, -0.15) is 0 Å². The average molecular weight is 267 g/mol. The van der Waals surface area contributed by atoms with Gasteiger partial charge in [0.15, 0.2) is 0 Å². The van der Waals surface area contributed by atoms with E-state index in [9.17, 15) is 4.79 Å². The van der Waals surface area contributed by atoms with Crippen molar-refractivity contribution in [2.24, 2.45) is 5.92 Å². The Morgan fingerprint density at radius 1 is 1.26 bits per heavy atom. The molecule has 110 valence electrons. The van der Waals surface area contributed by atoms with Crippen molar-refractivity contribution in [2.75, 3.05) is 26.7 Å². The molecular formula is C15H29N3O. The number of hydrogen-bond donors (Lipinski definition) is 2. The monoisotopic (exact) mass is 267 g/mol. The van der Waals surface area contributed by atoms with E-state index in [0.717, 1.165) is 38.5 Å². The first-order chi connectivity index (χ1) is 9.16. The van der Waals surface area contributed by atoms with Gasteiger partial charge in [-0.3, -0.25) is 4.79 Å². The van der Waals surface area contributed by atoms with Gasteiger partial charge in [-0.05, 0) is 39.7 Å². The summed E-state index contributed by atoms with van der Waals surface area (Å²) in [4.78, 5) is 14.4. The minimum absolute atomic E-state index is 0.174. The number of likely N-dealkylation sites (N-methyl/N-ethyl adjacent to an activating group) is 1. The molecule has 2 unspecified atom stereocenters. The standard InChI is InChI=1S/C15H29N3O/c1-12-7-8-13(11-17-12)15(19)16-9-10-18(2)14-5-3-4-6-14/h12-14,17H,3-11H2,1-2H3,(H,16,19). The summed E-state index contributed by atoms with van der Waals surface area (Å²) in [7, 11) is 2.19. The summed E-state index contributed by atoms with van der Waals surface area (Å²) in [5.74, 6) is 0.409. The molecular weight excluding hydrogens is 238 g/mol. The van der Waals surface area contributed by atoms with Gasteiger partial charge in [-0.25, -0.2) is 0 Å². The summed E-state index contributed by atoms with van der Waals surface area (Å²) in [5, 5.41) is 6.49. The molecule has 2 rings (SSSR count). The van der Waals surface area contributed by atoms with Crippen molar-refractivity contribution in [3.8, 4) is 0 Å². The minimum atomic E-state index is 0.174. The first-order valence-electron chi connectivity index (χ1n) is 7.88. The third kappa shape index (κ3) is 4.46. The fraction of sp³-hybridized carbons (Fsp3) is 0.933. The zero-order chi connectivity index (χ0) is 13.7. The Bertz CT molecular complexity index is 281. The van der Waals surface area contributed by atoms with E-state index in [4.69, 9.17) is 0 Å². The Labute approximate surface area is 117 Å². The van der Waals surface area contributed by atoms with Gasteiger partial charge in [0.2, 0.25) is 5.91 Å². The smallest absolute Gasteiger partial charge is 0.224 e. The molecule has 4 heteroatoms. The molecule has 2 N–H and O–H groups in total. The molecule has 1 amide bonds. The maximum absolute atomic E-state index is 12.0. The van der Waals surface area contributed by atoms with Crippen LogP contribution in [0.1, 0.15) is 45.4 Å². The molecule has 2 aliphatic rings. The van der Waals surface area contributed by atoms with E-state index in [2.05, 4.69) is 29.5 Å². The van der Waals surface area contributed by atoms with Gasteiger partial charge >= 0.3 is 0 Å². The van der Waals surface area contributed by atoms with E-state index >= 15 is 0 Å². The van der Waals surface area contributed by atoms with Crippen LogP contribution in [0.3, 0.4) is 0 Å². The molecule has 1 saturated carbocycles. The summed E-state index contributed by atoms with van der Waals surface area (Å²) in [6.45, 7) is 4.79. The number of piperidine rings is 1. The summed E-state index contributed by atoms with van der Waals surface area (Å²) in [5.41, 5.74) is 0. The lowest BCUT2D eigenvalue weighted by Gasteiger charge is -2.28. The molecule has 1 heterocycles. The van der Waals surface area contributed by atoms with Crippen molar-refractivity contribution in [1.29, 1.82) is 0 Å². The highest BCUT2D eigenvalue weighted by molar-refractivity contribution is 5.78. The maximum atomic E-state index is 12.0. The zero-order valence-corrected chi connectivity index (χ0v) is 12.5. The average Bonchev–Trinajstić information content (AvgIpc) is 2.93. The van der Waals surface area contributed by atoms with Gasteiger partial charge < -0.3 is 15.5 Å². The number of hydrogen-bond acceptors (Lipinski definition) is 3. The number of carbonyl (C=O) groups is 1. The van der Waals surface area contributed by atoms with Crippen molar-refractivity contribution in [3.05, 3.63) is 0 Å². The molecule has 19 heavy (non-hydrogen) atoms. The van der Waals surface area contributed by atoms with Crippen LogP contribution in [0.25, 0.3) is 0 Å². The van der Waals surface area contributed by atoms with Crippen molar-refractivity contribution < 1.29 is 4.79 Å². The van der Waals surface area contributed by atoms with Gasteiger partial charge in [0, 0.05) is 31.7 Å². The Morgan fingerprint density at radius 2 is 2.00 bits per heavy atom. The van der Waals surface area contributed by atoms with Crippen molar-refractivity contribution in [1.82, 2.24) is 15.5 Å². The second kappa shape index (κ2) is 7.25. The molecule has 2 atom stereocenters. The maximum Gasteiger partial charge on any atom is 0.224 e. The van der Waals surface area contributed by atoms with Crippen LogP contribution in [0.15, 0.2) is 0 Å². The molecule has 0 spiro atoms. The molecule has 0 bridgehead atoms. The van der Waals surface area contributed by atoms with Gasteiger partial charge in [0.1, 0.15) is 0 Å². The summed E-state index contributed by atoms with van der Waals surface area (Å²) in [6.07, 6.45) is 7.53. The second-order valence-corrected chi connectivity index (χ2v) is 6.29. The summed E-state index contributed by atoms with van der Waals surface area (Å²) < 4.78 is 0. The molecule has 1 aliphatic carbocycles. The fourth-order valence-corrected chi connectivity index (χ4v) is 3.25. The van der Waals surface area contributed by atoms with Crippen LogP contribution in [0.4, 0.5) is 0 Å². The van der Waals surface area contributed by atoms with E-state index < -0.39 is 0 Å². The quantitative estimate of drug-likeness (QED) is 0.790. The molecule has 0 radical (unpaired) electrons. The molecule has 1 saturated heterocycles. The Balaban J connectivity index is 1.60. The molecule has 4 nitrogen and oxygen atoms in total. The highest BCUT2D eigenvalue weighted by atomic mass is 16.1. The molecule has 2 fully saturated rings. The van der Waals surface area contributed by atoms with Crippen LogP contribution in [0, 0.1) is 5.92 Å². The molecule has 0 aromatic carbocycles. The highest BCUT2D eigenvalue weighted by Crippen LogP contribution is 2.21. The van der Waals surface area contributed by atoms with Crippen molar-refractivity contribution in [2.45, 2.75) is 57.5 Å². The third-order valence-corrected chi connectivity index (χ3v) is 4.74. The highest BCUT2D eigenvalue weighted by Gasteiger charge is 2.24. The largest absolute Gasteiger partial charge is 0.355 e. The van der Waals surface area contributed by atoms with Crippen LogP contribution in [0.2, 0.25) is 0 Å². The predicted molar refractivity (Wildman–Crippen MR) is 78.1 cm³/mol.